The number of rotatable bonds is 4. The van der Waals surface area contributed by atoms with Gasteiger partial charge in [-0.25, -0.2) is 13.2 Å². The van der Waals surface area contributed by atoms with Crippen molar-refractivity contribution in [2.24, 2.45) is 0 Å². The van der Waals surface area contributed by atoms with E-state index in [-0.39, 0.29) is 23.0 Å². The molecule has 1 fully saturated rings. The maximum atomic E-state index is 12.0. The van der Waals surface area contributed by atoms with Gasteiger partial charge in [-0.15, -0.1) is 0 Å². The Labute approximate surface area is 130 Å². The SMILES string of the molecule is CS(=O)(=O)c1ccccc1C(=O)OCC(=O)N1CCCCC1. The molecular weight excluding hydrogens is 306 g/mol. The predicted octanol–water partition coefficient (Wildman–Crippen LogP) is 1.26. The van der Waals surface area contributed by atoms with Crippen molar-refractivity contribution in [3.8, 4) is 0 Å². The van der Waals surface area contributed by atoms with Crippen molar-refractivity contribution in [2.75, 3.05) is 26.0 Å². The number of piperidine rings is 1. The van der Waals surface area contributed by atoms with Crippen LogP contribution in [0.4, 0.5) is 0 Å². The topological polar surface area (TPSA) is 80.7 Å². The van der Waals surface area contributed by atoms with Crippen LogP contribution in [-0.4, -0.2) is 51.1 Å². The number of benzene rings is 1. The molecule has 1 aromatic carbocycles. The maximum absolute atomic E-state index is 12.0. The zero-order chi connectivity index (χ0) is 16.2. The predicted molar refractivity (Wildman–Crippen MR) is 80.3 cm³/mol. The van der Waals surface area contributed by atoms with Gasteiger partial charge in [-0.1, -0.05) is 12.1 Å². The van der Waals surface area contributed by atoms with Crippen LogP contribution in [0.15, 0.2) is 29.2 Å². The van der Waals surface area contributed by atoms with Gasteiger partial charge < -0.3 is 9.64 Å². The molecule has 0 aromatic heterocycles. The number of likely N-dealkylation sites (tertiary alicyclic amines) is 1. The summed E-state index contributed by atoms with van der Waals surface area (Å²) in [6.45, 7) is 0.990. The van der Waals surface area contributed by atoms with E-state index in [1.165, 1.54) is 18.2 Å². The summed E-state index contributed by atoms with van der Waals surface area (Å²) in [5, 5.41) is 0. The average molecular weight is 325 g/mol. The molecule has 1 aromatic rings. The molecular formula is C15H19NO5S. The number of nitrogens with zero attached hydrogens (tertiary/aromatic N) is 1. The number of carbonyl (C=O) groups excluding carboxylic acids is 2. The van der Waals surface area contributed by atoms with E-state index in [1.807, 2.05) is 0 Å². The molecule has 2 rings (SSSR count). The molecule has 0 unspecified atom stereocenters. The molecule has 1 aliphatic rings. The van der Waals surface area contributed by atoms with Crippen LogP contribution in [0.3, 0.4) is 0 Å². The highest BCUT2D eigenvalue weighted by Gasteiger charge is 2.22. The third kappa shape index (κ3) is 4.07. The summed E-state index contributed by atoms with van der Waals surface area (Å²) < 4.78 is 28.3. The highest BCUT2D eigenvalue weighted by molar-refractivity contribution is 7.90. The van der Waals surface area contributed by atoms with Gasteiger partial charge >= 0.3 is 5.97 Å². The first-order valence-electron chi connectivity index (χ1n) is 7.13. The van der Waals surface area contributed by atoms with Crippen molar-refractivity contribution in [1.29, 1.82) is 0 Å². The van der Waals surface area contributed by atoms with Crippen LogP contribution in [0.5, 0.6) is 0 Å². The van der Waals surface area contributed by atoms with Gasteiger partial charge in [0, 0.05) is 19.3 Å². The van der Waals surface area contributed by atoms with E-state index >= 15 is 0 Å². The standard InChI is InChI=1S/C15H19NO5S/c1-22(19,20)13-8-4-3-7-12(13)15(18)21-11-14(17)16-9-5-2-6-10-16/h3-4,7-8H,2,5-6,9-11H2,1H3. The number of hydrogen-bond acceptors (Lipinski definition) is 5. The summed E-state index contributed by atoms with van der Waals surface area (Å²) in [4.78, 5) is 25.6. The molecule has 0 spiro atoms. The molecule has 0 aliphatic carbocycles. The Bertz CT molecular complexity index is 662. The molecule has 7 heteroatoms. The number of sulfone groups is 1. The van der Waals surface area contributed by atoms with Crippen LogP contribution in [0, 0.1) is 0 Å². The molecule has 1 aliphatic heterocycles. The van der Waals surface area contributed by atoms with Gasteiger partial charge in [-0.05, 0) is 31.4 Å². The van der Waals surface area contributed by atoms with Gasteiger partial charge in [-0.3, -0.25) is 4.79 Å². The van der Waals surface area contributed by atoms with Crippen LogP contribution >= 0.6 is 0 Å². The monoisotopic (exact) mass is 325 g/mol. The fourth-order valence-electron chi connectivity index (χ4n) is 2.40. The lowest BCUT2D eigenvalue weighted by Gasteiger charge is -2.26. The molecule has 0 radical (unpaired) electrons. The third-order valence-corrected chi connectivity index (χ3v) is 4.70. The molecule has 22 heavy (non-hydrogen) atoms. The highest BCUT2D eigenvalue weighted by atomic mass is 32.2. The smallest absolute Gasteiger partial charge is 0.339 e. The Hall–Kier alpha value is -1.89. The Balaban J connectivity index is 2.02. The summed E-state index contributed by atoms with van der Waals surface area (Å²) in [6.07, 6.45) is 4.04. The first kappa shape index (κ1) is 16.5. The lowest BCUT2D eigenvalue weighted by Crippen LogP contribution is -2.38. The van der Waals surface area contributed by atoms with Crippen LogP contribution in [0.2, 0.25) is 0 Å². The minimum absolute atomic E-state index is 0.0450. The Kier molecular flexibility index (Phi) is 5.18. The second kappa shape index (κ2) is 6.91. The summed E-state index contributed by atoms with van der Waals surface area (Å²) in [6, 6.07) is 5.81. The Morgan fingerprint density at radius 2 is 1.77 bits per heavy atom. The summed E-state index contributed by atoms with van der Waals surface area (Å²) in [7, 11) is -3.53. The van der Waals surface area contributed by atoms with E-state index in [0.29, 0.717) is 13.1 Å². The zero-order valence-corrected chi connectivity index (χ0v) is 13.3. The number of ether oxygens (including phenoxy) is 1. The molecule has 1 saturated heterocycles. The van der Waals surface area contributed by atoms with Crippen molar-refractivity contribution in [1.82, 2.24) is 4.90 Å². The van der Waals surface area contributed by atoms with Gasteiger partial charge in [0.15, 0.2) is 16.4 Å². The van der Waals surface area contributed by atoms with E-state index in [4.69, 9.17) is 4.74 Å². The average Bonchev–Trinajstić information content (AvgIpc) is 2.52. The first-order chi connectivity index (χ1) is 10.4. The minimum Gasteiger partial charge on any atom is -0.452 e. The number of amides is 1. The second-order valence-corrected chi connectivity index (χ2v) is 7.27. The van der Waals surface area contributed by atoms with Crippen molar-refractivity contribution in [3.63, 3.8) is 0 Å². The maximum Gasteiger partial charge on any atom is 0.339 e. The van der Waals surface area contributed by atoms with E-state index in [9.17, 15) is 18.0 Å². The van der Waals surface area contributed by atoms with E-state index in [1.54, 1.807) is 11.0 Å². The molecule has 0 N–H and O–H groups in total. The molecule has 1 heterocycles. The van der Waals surface area contributed by atoms with Crippen LogP contribution in [0.1, 0.15) is 29.6 Å². The van der Waals surface area contributed by atoms with Gasteiger partial charge in [0.1, 0.15) is 0 Å². The van der Waals surface area contributed by atoms with Crippen LogP contribution < -0.4 is 0 Å². The van der Waals surface area contributed by atoms with Gasteiger partial charge in [0.05, 0.1) is 10.5 Å². The lowest BCUT2D eigenvalue weighted by atomic mass is 10.1. The third-order valence-electron chi connectivity index (χ3n) is 3.54. The molecule has 0 bridgehead atoms. The fourth-order valence-corrected chi connectivity index (χ4v) is 3.27. The summed E-state index contributed by atoms with van der Waals surface area (Å²) in [5.41, 5.74) is -0.0450. The van der Waals surface area contributed by atoms with Crippen molar-refractivity contribution < 1.29 is 22.7 Å². The molecule has 120 valence electrons. The molecule has 6 nitrogen and oxygen atoms in total. The lowest BCUT2D eigenvalue weighted by molar-refractivity contribution is -0.135. The van der Waals surface area contributed by atoms with E-state index in [0.717, 1.165) is 25.5 Å². The minimum atomic E-state index is -3.53. The van der Waals surface area contributed by atoms with Crippen molar-refractivity contribution in [2.45, 2.75) is 24.2 Å². The highest BCUT2D eigenvalue weighted by Crippen LogP contribution is 2.16. The van der Waals surface area contributed by atoms with Crippen LogP contribution in [-0.2, 0) is 19.4 Å². The fraction of sp³-hybridized carbons (Fsp3) is 0.467. The van der Waals surface area contributed by atoms with Gasteiger partial charge in [0.25, 0.3) is 5.91 Å². The molecule has 1 amide bonds. The largest absolute Gasteiger partial charge is 0.452 e. The van der Waals surface area contributed by atoms with Gasteiger partial charge in [0.2, 0.25) is 0 Å². The number of hydrogen-bond donors (Lipinski definition) is 0. The quantitative estimate of drug-likeness (QED) is 0.779. The summed E-state index contributed by atoms with van der Waals surface area (Å²) in [5.74, 6) is -1.05. The first-order valence-corrected chi connectivity index (χ1v) is 9.03. The Morgan fingerprint density at radius 1 is 1.14 bits per heavy atom. The number of carbonyl (C=O) groups is 2. The van der Waals surface area contributed by atoms with Crippen LogP contribution in [0.25, 0.3) is 0 Å². The molecule has 0 saturated carbocycles. The Morgan fingerprint density at radius 3 is 2.41 bits per heavy atom. The van der Waals surface area contributed by atoms with Crippen molar-refractivity contribution >= 4 is 21.7 Å². The van der Waals surface area contributed by atoms with E-state index < -0.39 is 15.8 Å². The zero-order valence-electron chi connectivity index (χ0n) is 12.4. The van der Waals surface area contributed by atoms with Crippen molar-refractivity contribution in [3.05, 3.63) is 29.8 Å². The normalized spacial score (nSPS) is 15.4. The molecule has 0 atom stereocenters. The number of esters is 1. The van der Waals surface area contributed by atoms with Gasteiger partial charge in [-0.2, -0.15) is 0 Å². The second-order valence-electron chi connectivity index (χ2n) is 5.29. The summed E-state index contributed by atoms with van der Waals surface area (Å²) >= 11 is 0. The van der Waals surface area contributed by atoms with E-state index in [2.05, 4.69) is 0 Å².